The number of imidazole rings is 2. The van der Waals surface area contributed by atoms with Crippen LogP contribution < -0.4 is 5.73 Å². The highest BCUT2D eigenvalue weighted by Crippen LogP contribution is 2.18. The fraction of sp³-hybridized carbons (Fsp3) is 0.462. The highest BCUT2D eigenvalue weighted by Gasteiger charge is 2.37. The predicted octanol–water partition coefficient (Wildman–Crippen LogP) is -0.191. The molecule has 0 fully saturated rings. The maximum absolute atomic E-state index is 12.1. The van der Waals surface area contributed by atoms with Gasteiger partial charge in [-0.2, -0.15) is 0 Å². The van der Waals surface area contributed by atoms with Crippen LogP contribution in [0.1, 0.15) is 11.4 Å². The van der Waals surface area contributed by atoms with Crippen LogP contribution in [0.25, 0.3) is 0 Å². The molecule has 7 heteroatoms. The van der Waals surface area contributed by atoms with Crippen LogP contribution in [0, 0.1) is 0 Å². The van der Waals surface area contributed by atoms with E-state index in [2.05, 4.69) is 9.97 Å². The summed E-state index contributed by atoms with van der Waals surface area (Å²) in [5, 5.41) is 0. The van der Waals surface area contributed by atoms with Gasteiger partial charge in [-0.3, -0.25) is 4.79 Å². The van der Waals surface area contributed by atoms with Crippen molar-refractivity contribution in [2.75, 3.05) is 7.11 Å². The second-order valence-corrected chi connectivity index (χ2v) is 4.99. The fourth-order valence-electron chi connectivity index (χ4n) is 2.17. The van der Waals surface area contributed by atoms with E-state index in [1.807, 2.05) is 23.2 Å². The topological polar surface area (TPSA) is 88.0 Å². The number of methoxy groups -OCH3 is 1. The SMILES string of the molecule is COC(=O)C(N)(Cc1cncn1C)Cc1cncn1C. The lowest BCUT2D eigenvalue weighted by Crippen LogP contribution is -2.53. The Morgan fingerprint density at radius 2 is 1.65 bits per heavy atom. The molecule has 0 amide bonds. The minimum absolute atomic E-state index is 0.349. The summed E-state index contributed by atoms with van der Waals surface area (Å²) in [5.74, 6) is -0.445. The molecule has 2 N–H and O–H groups in total. The van der Waals surface area contributed by atoms with Crippen LogP contribution in [0.5, 0.6) is 0 Å². The van der Waals surface area contributed by atoms with Crippen molar-refractivity contribution in [3.8, 4) is 0 Å². The van der Waals surface area contributed by atoms with E-state index in [0.29, 0.717) is 12.8 Å². The molecule has 2 aromatic rings. The number of nitrogens with two attached hydrogens (primary N) is 1. The molecule has 0 atom stereocenters. The zero-order valence-electron chi connectivity index (χ0n) is 11.9. The monoisotopic (exact) mass is 277 g/mol. The lowest BCUT2D eigenvalue weighted by Gasteiger charge is -2.26. The summed E-state index contributed by atoms with van der Waals surface area (Å²) >= 11 is 0. The number of esters is 1. The van der Waals surface area contributed by atoms with Gasteiger partial charge in [-0.05, 0) is 0 Å². The molecule has 20 heavy (non-hydrogen) atoms. The van der Waals surface area contributed by atoms with Gasteiger partial charge in [0.2, 0.25) is 0 Å². The van der Waals surface area contributed by atoms with Gasteiger partial charge in [0.25, 0.3) is 0 Å². The van der Waals surface area contributed by atoms with Gasteiger partial charge in [-0.15, -0.1) is 0 Å². The van der Waals surface area contributed by atoms with Crippen LogP contribution in [0.4, 0.5) is 0 Å². The molecule has 0 saturated carbocycles. The minimum Gasteiger partial charge on any atom is -0.468 e. The molecule has 0 saturated heterocycles. The second-order valence-electron chi connectivity index (χ2n) is 4.99. The van der Waals surface area contributed by atoms with Crippen LogP contribution in [-0.4, -0.2) is 37.7 Å². The molecule has 0 spiro atoms. The molecular formula is C13H19N5O2. The molecule has 0 aliphatic heterocycles. The van der Waals surface area contributed by atoms with E-state index in [9.17, 15) is 4.79 Å². The zero-order chi connectivity index (χ0) is 14.8. The third-order valence-corrected chi connectivity index (χ3v) is 3.42. The number of rotatable bonds is 5. The largest absolute Gasteiger partial charge is 0.468 e. The number of hydrogen-bond acceptors (Lipinski definition) is 5. The maximum atomic E-state index is 12.1. The first-order chi connectivity index (χ1) is 9.46. The standard InChI is InChI=1S/C13H19N5O2/c1-17-8-15-6-10(17)4-13(14,12(19)20-3)5-11-7-16-9-18(11)2/h6-9H,4-5,14H2,1-3H3. The van der Waals surface area contributed by atoms with Crippen molar-refractivity contribution in [2.45, 2.75) is 18.4 Å². The summed E-state index contributed by atoms with van der Waals surface area (Å²) in [6, 6.07) is 0. The number of carbonyl (C=O) groups excluding carboxylic acids is 1. The highest BCUT2D eigenvalue weighted by molar-refractivity contribution is 5.81. The normalized spacial score (nSPS) is 11.6. The van der Waals surface area contributed by atoms with Gasteiger partial charge in [-0.25, -0.2) is 9.97 Å². The Morgan fingerprint density at radius 1 is 1.20 bits per heavy atom. The summed E-state index contributed by atoms with van der Waals surface area (Å²) in [4.78, 5) is 20.2. The molecule has 108 valence electrons. The third kappa shape index (κ3) is 2.72. The van der Waals surface area contributed by atoms with Crippen molar-refractivity contribution >= 4 is 5.97 Å². The molecule has 0 aliphatic carbocycles. The molecular weight excluding hydrogens is 258 g/mol. The molecule has 2 aromatic heterocycles. The Morgan fingerprint density at radius 3 is 1.95 bits per heavy atom. The average molecular weight is 277 g/mol. The number of hydrogen-bond donors (Lipinski definition) is 1. The van der Waals surface area contributed by atoms with Crippen LogP contribution in [-0.2, 0) is 36.5 Å². The summed E-state index contributed by atoms with van der Waals surface area (Å²) in [6.07, 6.45) is 7.46. The van der Waals surface area contributed by atoms with Gasteiger partial charge in [0.05, 0.1) is 19.8 Å². The average Bonchev–Trinajstić information content (AvgIpc) is 2.99. The Labute approximate surface area is 117 Å². The molecule has 2 rings (SSSR count). The second kappa shape index (κ2) is 5.46. The quantitative estimate of drug-likeness (QED) is 0.765. The Hall–Kier alpha value is -2.15. The molecule has 0 aromatic carbocycles. The van der Waals surface area contributed by atoms with E-state index >= 15 is 0 Å². The van der Waals surface area contributed by atoms with Gasteiger partial charge in [0.1, 0.15) is 5.54 Å². The lowest BCUT2D eigenvalue weighted by atomic mass is 9.89. The summed E-state index contributed by atoms with van der Waals surface area (Å²) in [7, 11) is 5.07. The molecule has 0 radical (unpaired) electrons. The summed E-state index contributed by atoms with van der Waals surface area (Å²) in [6.45, 7) is 0. The van der Waals surface area contributed by atoms with Gasteiger partial charge < -0.3 is 19.6 Å². The number of carbonyl (C=O) groups is 1. The maximum Gasteiger partial charge on any atom is 0.326 e. The molecule has 0 bridgehead atoms. The van der Waals surface area contributed by atoms with E-state index in [4.69, 9.17) is 10.5 Å². The van der Waals surface area contributed by atoms with E-state index < -0.39 is 11.5 Å². The minimum atomic E-state index is -1.14. The van der Waals surface area contributed by atoms with Crippen LogP contribution in [0.15, 0.2) is 25.0 Å². The lowest BCUT2D eigenvalue weighted by molar-refractivity contribution is -0.147. The zero-order valence-corrected chi connectivity index (χ0v) is 11.9. The third-order valence-electron chi connectivity index (χ3n) is 3.42. The number of aromatic nitrogens is 4. The van der Waals surface area contributed by atoms with Crippen molar-refractivity contribution < 1.29 is 9.53 Å². The number of ether oxygens (including phenoxy) is 1. The van der Waals surface area contributed by atoms with Crippen molar-refractivity contribution in [1.82, 2.24) is 19.1 Å². The molecule has 2 heterocycles. The summed E-state index contributed by atoms with van der Waals surface area (Å²) < 4.78 is 8.55. The van der Waals surface area contributed by atoms with Gasteiger partial charge in [0, 0.05) is 50.7 Å². The Kier molecular flexibility index (Phi) is 3.89. The van der Waals surface area contributed by atoms with E-state index in [0.717, 1.165) is 11.4 Å². The number of nitrogens with zero attached hydrogens (tertiary/aromatic N) is 4. The van der Waals surface area contributed by atoms with Crippen molar-refractivity contribution in [3.05, 3.63) is 36.4 Å². The van der Waals surface area contributed by atoms with Crippen molar-refractivity contribution in [2.24, 2.45) is 19.8 Å². The highest BCUT2D eigenvalue weighted by atomic mass is 16.5. The number of aryl methyl sites for hydroxylation is 2. The van der Waals surface area contributed by atoms with E-state index in [-0.39, 0.29) is 0 Å². The predicted molar refractivity (Wildman–Crippen MR) is 72.8 cm³/mol. The van der Waals surface area contributed by atoms with E-state index in [1.54, 1.807) is 25.0 Å². The molecule has 0 unspecified atom stereocenters. The summed E-state index contributed by atoms with van der Waals surface area (Å²) in [5.41, 5.74) is 6.92. The van der Waals surface area contributed by atoms with Crippen LogP contribution in [0.3, 0.4) is 0 Å². The molecule has 0 aliphatic rings. The van der Waals surface area contributed by atoms with Gasteiger partial charge in [0.15, 0.2) is 0 Å². The smallest absolute Gasteiger partial charge is 0.326 e. The van der Waals surface area contributed by atoms with Gasteiger partial charge in [-0.1, -0.05) is 0 Å². The molecule has 7 nitrogen and oxygen atoms in total. The fourth-order valence-corrected chi connectivity index (χ4v) is 2.17. The van der Waals surface area contributed by atoms with E-state index in [1.165, 1.54) is 7.11 Å². The Bertz CT molecular complexity index is 559. The Balaban J connectivity index is 2.28. The first kappa shape index (κ1) is 14.3. The van der Waals surface area contributed by atoms with Crippen LogP contribution in [0.2, 0.25) is 0 Å². The van der Waals surface area contributed by atoms with Crippen LogP contribution >= 0.6 is 0 Å². The van der Waals surface area contributed by atoms with Crippen molar-refractivity contribution in [3.63, 3.8) is 0 Å². The van der Waals surface area contributed by atoms with Crippen molar-refractivity contribution in [1.29, 1.82) is 0 Å². The van der Waals surface area contributed by atoms with Gasteiger partial charge >= 0.3 is 5.97 Å². The first-order valence-electron chi connectivity index (χ1n) is 6.24. The first-order valence-corrected chi connectivity index (χ1v) is 6.24.